The molecule has 0 atom stereocenters. The van der Waals surface area contributed by atoms with Crippen LogP contribution in [-0.2, 0) is 6.61 Å². The molecular weight excluding hydrogens is 639 g/mol. The van der Waals surface area contributed by atoms with Gasteiger partial charge in [0.1, 0.15) is 24.2 Å². The van der Waals surface area contributed by atoms with Crippen molar-refractivity contribution >= 4 is 34.7 Å². The number of aliphatic hydroxyl groups is 1. The number of nitriles is 1. The number of thiophene rings is 1. The molecule has 246 valence electrons. The van der Waals surface area contributed by atoms with Gasteiger partial charge in [-0.3, -0.25) is 0 Å². The lowest BCUT2D eigenvalue weighted by molar-refractivity contribution is 0.126. The molecule has 1 aliphatic rings. The molecule has 0 bridgehead atoms. The Bertz CT molecular complexity index is 1830. The quantitative estimate of drug-likeness (QED) is 0.0888. The smallest absolute Gasteiger partial charge is 0.227 e. The summed E-state index contributed by atoms with van der Waals surface area (Å²) in [6.07, 6.45) is 6.81. The van der Waals surface area contributed by atoms with Gasteiger partial charge in [0, 0.05) is 36.7 Å². The molecule has 1 aliphatic heterocycles. The molecule has 0 aliphatic carbocycles. The van der Waals surface area contributed by atoms with Gasteiger partial charge in [-0.15, -0.1) is 23.1 Å². The van der Waals surface area contributed by atoms with Crippen LogP contribution in [0, 0.1) is 17.2 Å². The lowest BCUT2D eigenvalue weighted by Crippen LogP contribution is -2.35. The minimum Gasteiger partial charge on any atom is -0.493 e. The van der Waals surface area contributed by atoms with Crippen LogP contribution in [0.2, 0.25) is 0 Å². The number of aliphatic hydroxyl groups excluding tert-OH is 1. The van der Waals surface area contributed by atoms with Crippen molar-refractivity contribution in [3.8, 4) is 39.3 Å². The maximum atomic E-state index is 10.3. The first kappa shape index (κ1) is 33.5. The van der Waals surface area contributed by atoms with Crippen molar-refractivity contribution in [3.05, 3.63) is 102 Å². The molecule has 1 saturated heterocycles. The molecule has 6 rings (SSSR count). The number of hydrogen-bond donors (Lipinski definition) is 2. The highest BCUT2D eigenvalue weighted by atomic mass is 32.2. The largest absolute Gasteiger partial charge is 0.493 e. The number of ether oxygens (including phenoxy) is 2. The summed E-state index contributed by atoms with van der Waals surface area (Å²) in [4.78, 5) is 12.7. The lowest BCUT2D eigenvalue weighted by atomic mass is 9.98. The van der Waals surface area contributed by atoms with E-state index in [-0.39, 0.29) is 0 Å². The van der Waals surface area contributed by atoms with E-state index in [0.717, 1.165) is 87.6 Å². The third-order valence-corrected chi connectivity index (χ3v) is 10.7. The van der Waals surface area contributed by atoms with Crippen molar-refractivity contribution in [2.75, 3.05) is 44.4 Å². The number of hydrogen-bond acceptors (Lipinski definition) is 10. The molecule has 10 heteroatoms. The van der Waals surface area contributed by atoms with Gasteiger partial charge in [0.2, 0.25) is 5.95 Å². The normalized spacial score (nSPS) is 13.6. The van der Waals surface area contributed by atoms with Crippen LogP contribution in [0.3, 0.4) is 0 Å². The summed E-state index contributed by atoms with van der Waals surface area (Å²) in [6, 6.07) is 30.1. The molecule has 8 nitrogen and oxygen atoms in total. The van der Waals surface area contributed by atoms with Gasteiger partial charge in [-0.05, 0) is 86.0 Å². The molecule has 0 unspecified atom stereocenters. The second kappa shape index (κ2) is 16.6. The Labute approximate surface area is 290 Å². The van der Waals surface area contributed by atoms with Crippen LogP contribution < -0.4 is 14.8 Å². The molecule has 1 fully saturated rings. The van der Waals surface area contributed by atoms with Crippen LogP contribution >= 0.6 is 23.1 Å². The van der Waals surface area contributed by atoms with Gasteiger partial charge >= 0.3 is 0 Å². The topological polar surface area (TPSA) is 104 Å². The van der Waals surface area contributed by atoms with Gasteiger partial charge in [0.05, 0.1) is 27.0 Å². The standard InChI is InChI=1S/C38H39N5O3S2/c1-47-37-33(24-39)35(29-10-5-12-31(22-29)46-26-28-8-3-2-4-9-28)36(48-37)34-14-17-40-38(42-34)41-30-11-6-13-32(23-30)45-21-7-18-43-19-15-27(25-44)16-20-43/h2-6,8-14,17,22-23,27,44H,7,15-16,18-21,25-26H2,1H3,(H,40,41,42). The first-order chi connectivity index (χ1) is 23.6. The van der Waals surface area contributed by atoms with E-state index in [0.29, 0.717) is 37.3 Å². The summed E-state index contributed by atoms with van der Waals surface area (Å²) in [5.74, 6) is 2.43. The van der Waals surface area contributed by atoms with Crippen molar-refractivity contribution in [1.29, 1.82) is 5.26 Å². The third-order valence-electron chi connectivity index (χ3n) is 8.38. The molecule has 0 saturated carbocycles. The summed E-state index contributed by atoms with van der Waals surface area (Å²) in [5, 5.41) is 23.0. The maximum Gasteiger partial charge on any atom is 0.227 e. The van der Waals surface area contributed by atoms with Gasteiger partial charge in [-0.2, -0.15) is 5.26 Å². The zero-order chi connectivity index (χ0) is 33.1. The minimum atomic E-state index is 0.299. The first-order valence-electron chi connectivity index (χ1n) is 16.2. The number of thioether (sulfide) groups is 1. The number of piperidine rings is 1. The van der Waals surface area contributed by atoms with Gasteiger partial charge in [0.15, 0.2) is 0 Å². The molecule has 3 aromatic carbocycles. The molecule has 0 radical (unpaired) electrons. The fraction of sp³-hybridized carbons (Fsp3) is 0.289. The number of aromatic nitrogens is 2. The van der Waals surface area contributed by atoms with Gasteiger partial charge in [-0.1, -0.05) is 48.5 Å². The van der Waals surface area contributed by atoms with E-state index in [1.165, 1.54) is 0 Å². The summed E-state index contributed by atoms with van der Waals surface area (Å²) in [6.45, 7) is 4.48. The Morgan fingerprint density at radius 3 is 2.56 bits per heavy atom. The van der Waals surface area contributed by atoms with E-state index in [1.807, 2.05) is 91.2 Å². The van der Waals surface area contributed by atoms with E-state index < -0.39 is 0 Å². The zero-order valence-corrected chi connectivity index (χ0v) is 28.6. The highest BCUT2D eigenvalue weighted by molar-refractivity contribution is 8.00. The molecule has 3 heterocycles. The SMILES string of the molecule is CSc1sc(-c2ccnc(Nc3cccc(OCCCN4CCC(CO)CC4)c3)n2)c(-c2cccc(OCc3ccccc3)c2)c1C#N. The fourth-order valence-electron chi connectivity index (χ4n) is 5.80. The number of anilines is 2. The molecule has 0 amide bonds. The van der Waals surface area contributed by atoms with Crippen molar-refractivity contribution in [1.82, 2.24) is 14.9 Å². The Morgan fingerprint density at radius 2 is 1.79 bits per heavy atom. The van der Waals surface area contributed by atoms with Crippen LogP contribution in [0.15, 0.2) is 95.3 Å². The Morgan fingerprint density at radius 1 is 1.00 bits per heavy atom. The van der Waals surface area contributed by atoms with E-state index in [4.69, 9.17) is 14.5 Å². The Kier molecular flexibility index (Phi) is 11.6. The molecular formula is C38H39N5O3S2. The van der Waals surface area contributed by atoms with E-state index in [1.54, 1.807) is 29.3 Å². The van der Waals surface area contributed by atoms with Gasteiger partial charge in [0.25, 0.3) is 0 Å². The van der Waals surface area contributed by atoms with Crippen molar-refractivity contribution in [3.63, 3.8) is 0 Å². The summed E-state index contributed by atoms with van der Waals surface area (Å²) < 4.78 is 13.1. The zero-order valence-electron chi connectivity index (χ0n) is 27.0. The maximum absolute atomic E-state index is 10.3. The summed E-state index contributed by atoms with van der Waals surface area (Å²) in [5.41, 5.74) is 5.02. The first-order valence-corrected chi connectivity index (χ1v) is 18.2. The monoisotopic (exact) mass is 677 g/mol. The van der Waals surface area contributed by atoms with Crippen LogP contribution in [0.5, 0.6) is 11.5 Å². The number of likely N-dealkylation sites (tertiary alicyclic amines) is 1. The fourth-order valence-corrected chi connectivity index (χ4v) is 7.71. The van der Waals surface area contributed by atoms with E-state index >= 15 is 0 Å². The van der Waals surface area contributed by atoms with Crippen LogP contribution in [0.4, 0.5) is 11.6 Å². The third kappa shape index (κ3) is 8.54. The summed E-state index contributed by atoms with van der Waals surface area (Å²) in [7, 11) is 0. The van der Waals surface area contributed by atoms with Crippen LogP contribution in [0.1, 0.15) is 30.4 Å². The lowest BCUT2D eigenvalue weighted by Gasteiger charge is -2.30. The highest BCUT2D eigenvalue weighted by Gasteiger charge is 2.22. The Balaban J connectivity index is 1.15. The number of rotatable bonds is 14. The van der Waals surface area contributed by atoms with Crippen molar-refractivity contribution < 1.29 is 14.6 Å². The van der Waals surface area contributed by atoms with Crippen molar-refractivity contribution in [2.24, 2.45) is 5.92 Å². The average molecular weight is 678 g/mol. The van der Waals surface area contributed by atoms with Gasteiger partial charge in [-0.25, -0.2) is 9.97 Å². The van der Waals surface area contributed by atoms with E-state index in [2.05, 4.69) is 21.3 Å². The Hall–Kier alpha value is -4.40. The summed E-state index contributed by atoms with van der Waals surface area (Å²) >= 11 is 3.12. The molecule has 48 heavy (non-hydrogen) atoms. The molecule has 5 aromatic rings. The number of nitrogens with zero attached hydrogens (tertiary/aromatic N) is 4. The second-order valence-electron chi connectivity index (χ2n) is 11.7. The number of nitrogens with one attached hydrogen (secondary N) is 1. The molecule has 0 spiro atoms. The second-order valence-corrected chi connectivity index (χ2v) is 13.8. The average Bonchev–Trinajstić information content (AvgIpc) is 3.53. The van der Waals surface area contributed by atoms with E-state index in [9.17, 15) is 10.4 Å². The van der Waals surface area contributed by atoms with Gasteiger partial charge < -0.3 is 24.8 Å². The van der Waals surface area contributed by atoms with Crippen LogP contribution in [0.25, 0.3) is 21.7 Å². The predicted molar refractivity (Wildman–Crippen MR) is 194 cm³/mol. The van der Waals surface area contributed by atoms with Crippen LogP contribution in [-0.4, -0.2) is 59.1 Å². The highest BCUT2D eigenvalue weighted by Crippen LogP contribution is 2.46. The molecule has 2 N–H and O–H groups in total. The molecule has 2 aromatic heterocycles. The van der Waals surface area contributed by atoms with Crippen molar-refractivity contribution in [2.45, 2.75) is 30.1 Å². The minimum absolute atomic E-state index is 0.299. The predicted octanol–water partition coefficient (Wildman–Crippen LogP) is 8.26. The number of benzene rings is 3.